The second-order valence-electron chi connectivity index (χ2n) is 22.5. The van der Waals surface area contributed by atoms with Crippen LogP contribution < -0.4 is 5.32 Å². The minimum atomic E-state index is -1.61. The Hall–Kier alpha value is -1.86. The lowest BCUT2D eigenvalue weighted by Crippen LogP contribution is -2.61. The van der Waals surface area contributed by atoms with Crippen LogP contribution in [0.1, 0.15) is 310 Å². The van der Waals surface area contributed by atoms with E-state index in [2.05, 4.69) is 38.2 Å². The van der Waals surface area contributed by atoms with E-state index in [0.717, 1.165) is 70.6 Å². The molecule has 8 atom stereocenters. The molecule has 0 bridgehead atoms. The summed E-state index contributed by atoms with van der Waals surface area (Å²) in [6.07, 6.45) is 50.7. The van der Waals surface area contributed by atoms with E-state index < -0.39 is 67.4 Å². The number of hydrogen-bond donors (Lipinski definition) is 6. The van der Waals surface area contributed by atoms with Crippen LogP contribution in [-0.2, 0) is 23.8 Å². The Morgan fingerprint density at radius 1 is 0.507 bits per heavy atom. The number of esters is 1. The van der Waals surface area contributed by atoms with E-state index >= 15 is 0 Å². The summed E-state index contributed by atoms with van der Waals surface area (Å²) in [4.78, 5) is 26.5. The van der Waals surface area contributed by atoms with Crippen molar-refractivity contribution >= 4 is 11.9 Å². The number of amides is 1. The topological polar surface area (TPSA) is 175 Å². The van der Waals surface area contributed by atoms with Gasteiger partial charge < -0.3 is 45.1 Å². The van der Waals surface area contributed by atoms with E-state index in [4.69, 9.17) is 14.2 Å². The van der Waals surface area contributed by atoms with E-state index in [1.165, 1.54) is 193 Å². The number of allylic oxidation sites excluding steroid dienone is 3. The average molecular weight is 1060 g/mol. The van der Waals surface area contributed by atoms with Gasteiger partial charge in [0.2, 0.25) is 5.91 Å². The first-order valence-electron chi connectivity index (χ1n) is 32.1. The number of nitrogens with one attached hydrogen (secondary N) is 1. The number of ether oxygens (including phenoxy) is 3. The van der Waals surface area contributed by atoms with Crippen LogP contribution in [0, 0.1) is 0 Å². The normalized spacial score (nSPS) is 19.3. The molecule has 0 saturated carbocycles. The minimum Gasteiger partial charge on any atom is -0.454 e. The molecule has 11 heteroatoms. The molecule has 11 nitrogen and oxygen atoms in total. The number of aliphatic hydroxyl groups is 5. The molecule has 0 radical (unpaired) electrons. The predicted molar refractivity (Wildman–Crippen MR) is 311 cm³/mol. The van der Waals surface area contributed by atoms with Gasteiger partial charge in [-0.15, -0.1) is 0 Å². The quantitative estimate of drug-likeness (QED) is 0.0195. The van der Waals surface area contributed by atoms with E-state index in [1.807, 2.05) is 6.08 Å². The Labute approximate surface area is 461 Å². The highest BCUT2D eigenvalue weighted by atomic mass is 16.7. The summed E-state index contributed by atoms with van der Waals surface area (Å²) in [6, 6.07) is -1.02. The smallest absolute Gasteiger partial charge is 0.306 e. The fraction of sp³-hybridized carbons (Fsp3) is 0.906. The van der Waals surface area contributed by atoms with Crippen molar-refractivity contribution in [3.05, 3.63) is 24.3 Å². The van der Waals surface area contributed by atoms with Crippen LogP contribution in [0.25, 0.3) is 0 Å². The van der Waals surface area contributed by atoms with Gasteiger partial charge in [0, 0.05) is 6.42 Å². The molecule has 0 spiro atoms. The molecule has 8 unspecified atom stereocenters. The van der Waals surface area contributed by atoms with Crippen LogP contribution >= 0.6 is 0 Å². The zero-order valence-corrected chi connectivity index (χ0v) is 48.9. The summed E-state index contributed by atoms with van der Waals surface area (Å²) in [5.41, 5.74) is 0. The van der Waals surface area contributed by atoms with Crippen LogP contribution in [0.5, 0.6) is 0 Å². The van der Waals surface area contributed by atoms with E-state index in [-0.39, 0.29) is 13.0 Å². The Bertz CT molecular complexity index is 1310. The molecule has 442 valence electrons. The molecule has 1 aliphatic rings. The van der Waals surface area contributed by atoms with Crippen molar-refractivity contribution in [1.29, 1.82) is 0 Å². The molecule has 75 heavy (non-hydrogen) atoms. The van der Waals surface area contributed by atoms with Crippen molar-refractivity contribution in [2.75, 3.05) is 13.2 Å². The molecule has 0 aliphatic carbocycles. The van der Waals surface area contributed by atoms with Gasteiger partial charge in [0.05, 0.1) is 25.4 Å². The number of hydrogen-bond acceptors (Lipinski definition) is 10. The van der Waals surface area contributed by atoms with Gasteiger partial charge in [-0.1, -0.05) is 276 Å². The lowest BCUT2D eigenvalue weighted by Gasteiger charge is -2.41. The highest BCUT2D eigenvalue weighted by molar-refractivity contribution is 5.80. The van der Waals surface area contributed by atoms with Crippen molar-refractivity contribution in [3.63, 3.8) is 0 Å². The largest absolute Gasteiger partial charge is 0.454 e. The van der Waals surface area contributed by atoms with Crippen LogP contribution in [0.4, 0.5) is 0 Å². The molecule has 1 rings (SSSR count). The van der Waals surface area contributed by atoms with Crippen LogP contribution in [0.2, 0.25) is 0 Å². The Kier molecular flexibility index (Phi) is 50.1. The first-order valence-corrected chi connectivity index (χ1v) is 32.1. The maximum absolute atomic E-state index is 13.4. The molecule has 1 amide bonds. The van der Waals surface area contributed by atoms with E-state index in [9.17, 15) is 35.1 Å². The summed E-state index contributed by atoms with van der Waals surface area (Å²) in [5, 5.41) is 57.0. The summed E-state index contributed by atoms with van der Waals surface area (Å²) >= 11 is 0. The number of carbonyl (C=O) groups excluding carboxylic acids is 2. The Morgan fingerprint density at radius 3 is 1.29 bits per heavy atom. The van der Waals surface area contributed by atoms with Crippen molar-refractivity contribution < 1.29 is 49.3 Å². The molecule has 0 aromatic carbocycles. The maximum Gasteiger partial charge on any atom is 0.306 e. The van der Waals surface area contributed by atoms with Crippen molar-refractivity contribution in [1.82, 2.24) is 5.32 Å². The average Bonchev–Trinajstić information content (AvgIpc) is 3.41. The van der Waals surface area contributed by atoms with Crippen LogP contribution in [0.3, 0.4) is 0 Å². The molecule has 0 aromatic heterocycles. The minimum absolute atomic E-state index is 0.122. The first-order chi connectivity index (χ1) is 36.7. The summed E-state index contributed by atoms with van der Waals surface area (Å²) in [5.74, 6) is -1.19. The van der Waals surface area contributed by atoms with Crippen LogP contribution in [0.15, 0.2) is 24.3 Å². The second-order valence-corrected chi connectivity index (χ2v) is 22.5. The fourth-order valence-corrected chi connectivity index (χ4v) is 10.2. The van der Waals surface area contributed by atoms with Crippen molar-refractivity contribution in [3.8, 4) is 0 Å². The molecule has 1 fully saturated rings. The SMILES string of the molecule is CCCCCCCC/C=C/CCCCCCCCCC(=O)OC1C(OCC(NC(=O)C(O)CCCCCCCCCCCCCCCCCCCC)C(O)/C=C/CCCCCCCCCCC)OC(CO)C(O)C1O. The standard InChI is InChI=1S/C64H121NO10/c1-4-7-10-13-16-19-22-24-26-28-30-31-33-36-39-42-45-48-51-57(68)63(72)65-55(56(67)50-47-44-41-38-35-21-18-15-12-9-6-3)54-73-64-62(61(71)60(70)58(53-66)74-64)75-59(69)52-49-46-43-40-37-34-32-29-27-25-23-20-17-14-11-8-5-2/h25,27,47,50,55-58,60-62,64,66-68,70-71H,4-24,26,28-46,48-49,51-54H2,1-3H3,(H,65,72)/b27-25+,50-47+. The van der Waals surface area contributed by atoms with Gasteiger partial charge >= 0.3 is 5.97 Å². The monoisotopic (exact) mass is 1060 g/mol. The third-order valence-electron chi connectivity index (χ3n) is 15.4. The third kappa shape index (κ3) is 40.9. The van der Waals surface area contributed by atoms with Gasteiger partial charge in [-0.3, -0.25) is 9.59 Å². The molecule has 1 aliphatic heterocycles. The number of rotatable bonds is 55. The highest BCUT2D eigenvalue weighted by Gasteiger charge is 2.47. The van der Waals surface area contributed by atoms with Gasteiger partial charge in [-0.25, -0.2) is 0 Å². The molecule has 6 N–H and O–H groups in total. The zero-order chi connectivity index (χ0) is 54.7. The van der Waals surface area contributed by atoms with Crippen molar-refractivity contribution in [2.24, 2.45) is 0 Å². The van der Waals surface area contributed by atoms with Crippen LogP contribution in [-0.4, -0.2) is 99.6 Å². The van der Waals surface area contributed by atoms with Gasteiger partial charge in [0.25, 0.3) is 0 Å². The number of unbranched alkanes of at least 4 members (excludes halogenated alkanes) is 39. The number of aliphatic hydroxyl groups excluding tert-OH is 5. The maximum atomic E-state index is 13.4. The molecule has 1 heterocycles. The van der Waals surface area contributed by atoms with Gasteiger partial charge in [-0.05, 0) is 51.4 Å². The lowest BCUT2D eigenvalue weighted by molar-refractivity contribution is -0.305. The zero-order valence-electron chi connectivity index (χ0n) is 48.9. The molecular formula is C64H121NO10. The van der Waals surface area contributed by atoms with E-state index in [0.29, 0.717) is 19.3 Å². The fourth-order valence-electron chi connectivity index (χ4n) is 10.2. The van der Waals surface area contributed by atoms with Crippen molar-refractivity contribution in [2.45, 2.75) is 359 Å². The first kappa shape index (κ1) is 71.2. The summed E-state index contributed by atoms with van der Waals surface area (Å²) < 4.78 is 17.6. The second kappa shape index (κ2) is 52.8. The van der Waals surface area contributed by atoms with Gasteiger partial charge in [0.1, 0.15) is 24.4 Å². The Morgan fingerprint density at radius 2 is 0.880 bits per heavy atom. The summed E-state index contributed by atoms with van der Waals surface area (Å²) in [7, 11) is 0. The summed E-state index contributed by atoms with van der Waals surface area (Å²) in [6.45, 7) is 5.81. The molecule has 0 aromatic rings. The molecular weight excluding hydrogens is 943 g/mol. The molecule has 1 saturated heterocycles. The Balaban J connectivity index is 2.64. The highest BCUT2D eigenvalue weighted by Crippen LogP contribution is 2.26. The van der Waals surface area contributed by atoms with Gasteiger partial charge in [-0.2, -0.15) is 0 Å². The van der Waals surface area contributed by atoms with Gasteiger partial charge in [0.15, 0.2) is 12.4 Å². The third-order valence-corrected chi connectivity index (χ3v) is 15.4. The predicted octanol–water partition coefficient (Wildman–Crippen LogP) is 15.3. The van der Waals surface area contributed by atoms with E-state index in [1.54, 1.807) is 6.08 Å². The number of carbonyl (C=O) groups is 2. The lowest BCUT2D eigenvalue weighted by atomic mass is 9.99.